The Morgan fingerprint density at radius 2 is 1.50 bits per heavy atom. The van der Waals surface area contributed by atoms with Gasteiger partial charge in [-0.2, -0.15) is 7.82 Å². The fraction of sp³-hybridized carbons (Fsp3) is 1.00. The molecule has 0 aliphatic rings. The fourth-order valence-corrected chi connectivity index (χ4v) is 1.12. The van der Waals surface area contributed by atoms with E-state index >= 15 is 0 Å². The summed E-state index contributed by atoms with van der Waals surface area (Å²) in [4.78, 5) is 25.6. The second kappa shape index (κ2) is 9.14. The van der Waals surface area contributed by atoms with Crippen molar-refractivity contribution >= 4 is 7.82 Å². The van der Waals surface area contributed by atoms with Gasteiger partial charge < -0.3 is 23.7 Å². The molecule has 0 saturated heterocycles. The molecular formula is C10H26NO4P. The second-order valence-corrected chi connectivity index (χ2v) is 5.38. The first-order valence-electron chi connectivity index (χ1n) is 5.67. The van der Waals surface area contributed by atoms with Crippen molar-refractivity contribution in [2.75, 3.05) is 27.2 Å². The van der Waals surface area contributed by atoms with Gasteiger partial charge in [-0.3, -0.25) is 0 Å². The number of quaternary nitrogens is 1. The van der Waals surface area contributed by atoms with Gasteiger partial charge in [0.1, 0.15) is 0 Å². The highest BCUT2D eigenvalue weighted by atomic mass is 31.2. The third kappa shape index (κ3) is 23.7. The Kier molecular flexibility index (Phi) is 10.5. The van der Waals surface area contributed by atoms with E-state index in [2.05, 4.69) is 27.9 Å². The smallest absolute Gasteiger partial charge is 0.822 e. The van der Waals surface area contributed by atoms with E-state index in [1.54, 1.807) is 0 Å². The second-order valence-electron chi connectivity index (χ2n) is 4.48. The van der Waals surface area contributed by atoms with Gasteiger partial charge in [-0.25, -0.2) is 0 Å². The summed E-state index contributed by atoms with van der Waals surface area (Å²) in [5, 5.41) is 0. The Balaban J connectivity index is -0.000000122. The van der Waals surface area contributed by atoms with Crippen LogP contribution in [0.25, 0.3) is 0 Å². The van der Waals surface area contributed by atoms with Gasteiger partial charge in [-0.1, -0.05) is 19.8 Å². The van der Waals surface area contributed by atoms with Crippen LogP contribution in [0.1, 0.15) is 42.4 Å². The van der Waals surface area contributed by atoms with Crippen molar-refractivity contribution in [3.8, 4) is 0 Å². The highest BCUT2D eigenvalue weighted by Gasteiger charge is 2.09. The lowest BCUT2D eigenvalue weighted by Gasteiger charge is -2.36. The zero-order valence-corrected chi connectivity index (χ0v) is 11.7. The van der Waals surface area contributed by atoms with E-state index in [-0.39, 0.29) is 2.85 Å². The molecule has 0 amide bonds. The number of phosphoric acid groups is 1. The molecule has 16 heavy (non-hydrogen) atoms. The highest BCUT2D eigenvalue weighted by molar-refractivity contribution is 7.40. The number of hydrogen-bond acceptors (Lipinski definition) is 4. The summed E-state index contributed by atoms with van der Waals surface area (Å²) in [6.45, 7) is 7.13. The van der Waals surface area contributed by atoms with Gasteiger partial charge in [0.25, 0.3) is 0 Å². The minimum atomic E-state index is -5.39. The molecule has 5 nitrogen and oxygen atoms in total. The Hall–Kier alpha value is 0.0700. The lowest BCUT2D eigenvalue weighted by atomic mass is 10.2. The third-order valence-corrected chi connectivity index (χ3v) is 2.47. The van der Waals surface area contributed by atoms with Crippen LogP contribution in [0.2, 0.25) is 0 Å². The molecule has 0 heterocycles. The normalized spacial score (nSPS) is 11.9. The third-order valence-electron chi connectivity index (χ3n) is 2.47. The van der Waals surface area contributed by atoms with Crippen molar-refractivity contribution in [2.45, 2.75) is 39.5 Å². The summed E-state index contributed by atoms with van der Waals surface area (Å²) in [5.41, 5.74) is 0. The maximum atomic E-state index is 8.55. The van der Waals surface area contributed by atoms with Crippen molar-refractivity contribution in [3.63, 3.8) is 0 Å². The average Bonchev–Trinajstić information content (AvgIpc) is 2.10. The topological polar surface area (TPSA) is 86.2 Å². The Labute approximate surface area is 102 Å². The Morgan fingerprint density at radius 3 is 1.81 bits per heavy atom. The molecule has 0 saturated carbocycles. The first-order chi connectivity index (χ1) is 7.12. The molecule has 0 aromatic carbocycles. The van der Waals surface area contributed by atoms with E-state index in [9.17, 15) is 0 Å². The van der Waals surface area contributed by atoms with Crippen LogP contribution in [0.4, 0.5) is 0 Å². The van der Waals surface area contributed by atoms with Crippen LogP contribution >= 0.6 is 7.82 Å². The van der Waals surface area contributed by atoms with Crippen LogP contribution in [0, 0.1) is 0 Å². The van der Waals surface area contributed by atoms with Crippen LogP contribution in [-0.2, 0) is 4.57 Å². The molecule has 0 aromatic rings. The molecule has 6 heteroatoms. The summed E-state index contributed by atoms with van der Waals surface area (Å²) in [6, 6.07) is 0. The summed E-state index contributed by atoms with van der Waals surface area (Å²) in [7, 11) is -0.766. The molecule has 0 radical (unpaired) electrons. The predicted molar refractivity (Wildman–Crippen MR) is 61.5 cm³/mol. The molecule has 0 aliphatic heterocycles. The monoisotopic (exact) mass is 255 g/mol. The quantitative estimate of drug-likeness (QED) is 0.381. The number of hydrogen-bond donors (Lipinski definition) is 0. The van der Waals surface area contributed by atoms with Crippen molar-refractivity contribution in [2.24, 2.45) is 0 Å². The summed E-state index contributed by atoms with van der Waals surface area (Å²) < 4.78 is 9.73. The molecule has 0 bridgehead atoms. The van der Waals surface area contributed by atoms with Gasteiger partial charge in [0.05, 0.1) is 27.2 Å². The van der Waals surface area contributed by atoms with Gasteiger partial charge in [0, 0.05) is 0 Å². The lowest BCUT2D eigenvalue weighted by Crippen LogP contribution is -2.39. The van der Waals surface area contributed by atoms with Crippen LogP contribution < -0.4 is 14.7 Å². The van der Waals surface area contributed by atoms with E-state index in [1.807, 2.05) is 0 Å². The molecule has 0 fully saturated rings. The molecular weight excluding hydrogens is 229 g/mol. The van der Waals surface area contributed by atoms with Gasteiger partial charge >= 0.3 is 2.85 Å². The van der Waals surface area contributed by atoms with Gasteiger partial charge in [-0.05, 0) is 19.8 Å². The Morgan fingerprint density at radius 1 is 1.06 bits per heavy atom. The molecule has 0 unspecified atom stereocenters. The average molecular weight is 255 g/mol. The van der Waals surface area contributed by atoms with E-state index in [4.69, 9.17) is 19.2 Å². The standard InChI is InChI=1S/C10H24N.H3O4P/c1-5-7-8-9-10-11(3,4)6-2;1-5(2,3)4/h5-10H2,1-4H3;(H3,1,2,3,4)/q+1;/p-1. The number of nitrogens with zero attached hydrogens (tertiary/aromatic N) is 1. The first kappa shape index (κ1) is 18.4. The maximum Gasteiger partial charge on any atom is 1.00 e. The maximum absolute atomic E-state index is 8.55. The van der Waals surface area contributed by atoms with E-state index in [0.29, 0.717) is 0 Å². The van der Waals surface area contributed by atoms with Crippen LogP contribution in [0.15, 0.2) is 0 Å². The van der Waals surface area contributed by atoms with Crippen molar-refractivity contribution in [1.82, 2.24) is 0 Å². The van der Waals surface area contributed by atoms with Crippen molar-refractivity contribution < 1.29 is 26.6 Å². The van der Waals surface area contributed by atoms with Crippen molar-refractivity contribution in [1.29, 1.82) is 0 Å². The molecule has 0 N–H and O–H groups in total. The minimum Gasteiger partial charge on any atom is -0.822 e. The molecule has 0 rings (SSSR count). The van der Waals surface area contributed by atoms with Gasteiger partial charge in [-0.15, -0.1) is 0 Å². The fourth-order valence-electron chi connectivity index (χ4n) is 1.12. The number of rotatable bonds is 6. The predicted octanol–water partition coefficient (Wildman–Crippen LogP) is 0.0634. The van der Waals surface area contributed by atoms with Crippen LogP contribution in [0.3, 0.4) is 0 Å². The van der Waals surface area contributed by atoms with E-state index in [0.717, 1.165) is 0 Å². The minimum absolute atomic E-state index is 0. The van der Waals surface area contributed by atoms with Crippen LogP contribution in [-0.4, -0.2) is 31.7 Å². The SMILES string of the molecule is CCCCCC[N+](C)(C)CC.O=P([O-])([O-])[O-].[H+].[H+]. The van der Waals surface area contributed by atoms with Gasteiger partial charge in [0.15, 0.2) is 0 Å². The largest absolute Gasteiger partial charge is 1.00 e. The lowest BCUT2D eigenvalue weighted by molar-refractivity contribution is -0.888. The number of unbranched alkanes of at least 4 members (excludes halogenated alkanes) is 3. The van der Waals surface area contributed by atoms with Crippen LogP contribution in [0.5, 0.6) is 0 Å². The molecule has 0 aromatic heterocycles. The zero-order valence-electron chi connectivity index (χ0n) is 12.8. The zero-order chi connectivity index (χ0) is 13.2. The summed E-state index contributed by atoms with van der Waals surface area (Å²) in [5.74, 6) is 0. The Bertz CT molecular complexity index is 204. The first-order valence-corrected chi connectivity index (χ1v) is 7.13. The molecule has 0 spiro atoms. The molecule has 0 aliphatic carbocycles. The summed E-state index contributed by atoms with van der Waals surface area (Å²) >= 11 is 0. The molecule has 100 valence electrons. The van der Waals surface area contributed by atoms with Gasteiger partial charge in [0.2, 0.25) is 0 Å². The van der Waals surface area contributed by atoms with E-state index in [1.165, 1.54) is 43.3 Å². The van der Waals surface area contributed by atoms with E-state index < -0.39 is 7.82 Å². The molecule has 0 atom stereocenters. The van der Waals surface area contributed by atoms with Crippen molar-refractivity contribution in [3.05, 3.63) is 0 Å². The summed E-state index contributed by atoms with van der Waals surface area (Å²) in [6.07, 6.45) is 5.57. The highest BCUT2D eigenvalue weighted by Crippen LogP contribution is 2.04.